The van der Waals surface area contributed by atoms with E-state index in [0.29, 0.717) is 19.3 Å². The SMILES string of the molecule is C=CCC1(O)CCC=C1C(=O)O. The molecule has 12 heavy (non-hydrogen) atoms. The lowest BCUT2D eigenvalue weighted by molar-refractivity contribution is -0.134. The summed E-state index contributed by atoms with van der Waals surface area (Å²) in [6.07, 6.45) is 4.55. The Balaban J connectivity index is 2.85. The second-order valence-corrected chi connectivity index (χ2v) is 2.99. The summed E-state index contributed by atoms with van der Waals surface area (Å²) < 4.78 is 0. The van der Waals surface area contributed by atoms with Gasteiger partial charge in [-0.1, -0.05) is 12.2 Å². The number of allylic oxidation sites excluding steroid dienone is 1. The van der Waals surface area contributed by atoms with Crippen molar-refractivity contribution in [1.82, 2.24) is 0 Å². The molecule has 1 atom stereocenters. The third-order valence-electron chi connectivity index (χ3n) is 2.12. The summed E-state index contributed by atoms with van der Waals surface area (Å²) >= 11 is 0. The number of carboxylic acids is 1. The van der Waals surface area contributed by atoms with E-state index in [1.165, 1.54) is 0 Å². The van der Waals surface area contributed by atoms with Crippen LogP contribution in [0.15, 0.2) is 24.3 Å². The van der Waals surface area contributed by atoms with Crippen LogP contribution >= 0.6 is 0 Å². The maximum Gasteiger partial charge on any atom is 0.334 e. The van der Waals surface area contributed by atoms with Crippen LogP contribution in [0.1, 0.15) is 19.3 Å². The molecule has 1 aliphatic rings. The zero-order valence-electron chi connectivity index (χ0n) is 6.79. The predicted molar refractivity (Wildman–Crippen MR) is 44.7 cm³/mol. The molecule has 1 aliphatic carbocycles. The van der Waals surface area contributed by atoms with Gasteiger partial charge in [0.25, 0.3) is 0 Å². The van der Waals surface area contributed by atoms with E-state index in [0.717, 1.165) is 0 Å². The van der Waals surface area contributed by atoms with E-state index in [-0.39, 0.29) is 5.57 Å². The minimum absolute atomic E-state index is 0.113. The Hall–Kier alpha value is -1.09. The maximum atomic E-state index is 10.6. The molecule has 0 aromatic heterocycles. The molecule has 1 rings (SSSR count). The van der Waals surface area contributed by atoms with E-state index in [1.807, 2.05) is 0 Å². The smallest absolute Gasteiger partial charge is 0.334 e. The molecular formula is C9H12O3. The Morgan fingerprint density at radius 1 is 1.83 bits per heavy atom. The molecule has 0 saturated carbocycles. The summed E-state index contributed by atoms with van der Waals surface area (Å²) in [7, 11) is 0. The first kappa shape index (κ1) is 9.00. The fourth-order valence-electron chi connectivity index (χ4n) is 1.52. The Labute approximate surface area is 71.0 Å². The van der Waals surface area contributed by atoms with Crippen LogP contribution in [0.2, 0.25) is 0 Å². The Morgan fingerprint density at radius 3 is 3.00 bits per heavy atom. The molecule has 0 amide bonds. The van der Waals surface area contributed by atoms with Gasteiger partial charge in [0.1, 0.15) is 5.60 Å². The summed E-state index contributed by atoms with van der Waals surface area (Å²) in [4.78, 5) is 10.6. The fraction of sp³-hybridized carbons (Fsp3) is 0.444. The van der Waals surface area contributed by atoms with Crippen molar-refractivity contribution >= 4 is 5.97 Å². The molecule has 66 valence electrons. The largest absolute Gasteiger partial charge is 0.478 e. The molecule has 0 spiro atoms. The average molecular weight is 168 g/mol. The van der Waals surface area contributed by atoms with Gasteiger partial charge in [0, 0.05) is 0 Å². The Bertz CT molecular complexity index is 242. The van der Waals surface area contributed by atoms with E-state index in [9.17, 15) is 9.90 Å². The summed E-state index contributed by atoms with van der Waals surface area (Å²) in [6, 6.07) is 0. The minimum Gasteiger partial charge on any atom is -0.478 e. The van der Waals surface area contributed by atoms with Gasteiger partial charge in [-0.2, -0.15) is 0 Å². The van der Waals surface area contributed by atoms with Crippen LogP contribution in [0.4, 0.5) is 0 Å². The highest BCUT2D eigenvalue weighted by molar-refractivity contribution is 5.89. The van der Waals surface area contributed by atoms with Crippen molar-refractivity contribution in [2.75, 3.05) is 0 Å². The van der Waals surface area contributed by atoms with Gasteiger partial charge in [0.05, 0.1) is 5.57 Å². The van der Waals surface area contributed by atoms with Crippen molar-refractivity contribution in [2.45, 2.75) is 24.9 Å². The molecule has 0 aliphatic heterocycles. The molecule has 2 N–H and O–H groups in total. The summed E-state index contributed by atoms with van der Waals surface area (Å²) in [6.45, 7) is 3.48. The third kappa shape index (κ3) is 1.41. The van der Waals surface area contributed by atoms with Gasteiger partial charge in [-0.15, -0.1) is 6.58 Å². The number of rotatable bonds is 3. The number of aliphatic carboxylic acids is 1. The quantitative estimate of drug-likeness (QED) is 0.620. The lowest BCUT2D eigenvalue weighted by atomic mass is 9.92. The van der Waals surface area contributed by atoms with Crippen molar-refractivity contribution in [3.05, 3.63) is 24.3 Å². The number of hydrogen-bond donors (Lipinski definition) is 2. The summed E-state index contributed by atoms with van der Waals surface area (Å²) in [5.74, 6) is -1.03. The van der Waals surface area contributed by atoms with Crippen LogP contribution in [-0.2, 0) is 4.79 Å². The van der Waals surface area contributed by atoms with Crippen LogP contribution in [0.5, 0.6) is 0 Å². The average Bonchev–Trinajstić information content (AvgIpc) is 2.32. The van der Waals surface area contributed by atoms with E-state index in [4.69, 9.17) is 5.11 Å². The van der Waals surface area contributed by atoms with Gasteiger partial charge in [-0.25, -0.2) is 4.79 Å². The number of carboxylic acid groups (broad SMARTS) is 1. The second-order valence-electron chi connectivity index (χ2n) is 2.99. The van der Waals surface area contributed by atoms with Crippen molar-refractivity contribution in [3.63, 3.8) is 0 Å². The second kappa shape index (κ2) is 3.11. The van der Waals surface area contributed by atoms with Crippen molar-refractivity contribution < 1.29 is 15.0 Å². The minimum atomic E-state index is -1.17. The zero-order valence-corrected chi connectivity index (χ0v) is 6.79. The third-order valence-corrected chi connectivity index (χ3v) is 2.12. The molecule has 0 fully saturated rings. The van der Waals surface area contributed by atoms with E-state index in [1.54, 1.807) is 12.2 Å². The molecule has 1 unspecified atom stereocenters. The number of carbonyl (C=O) groups is 1. The predicted octanol–water partition coefficient (Wildman–Crippen LogP) is 1.10. The topological polar surface area (TPSA) is 57.5 Å². The number of aliphatic hydroxyl groups is 1. The first-order valence-corrected chi connectivity index (χ1v) is 3.87. The Kier molecular flexibility index (Phi) is 2.33. The standard InChI is InChI=1S/C9H12O3/c1-2-5-9(12)6-3-4-7(9)8(10)11/h2,4,12H,1,3,5-6H2,(H,10,11). The molecule has 0 saturated heterocycles. The lowest BCUT2D eigenvalue weighted by Crippen LogP contribution is -2.31. The molecular weight excluding hydrogens is 156 g/mol. The monoisotopic (exact) mass is 168 g/mol. The molecule has 0 aromatic carbocycles. The lowest BCUT2D eigenvalue weighted by Gasteiger charge is -2.22. The normalized spacial score (nSPS) is 28.2. The van der Waals surface area contributed by atoms with E-state index >= 15 is 0 Å². The maximum absolute atomic E-state index is 10.6. The van der Waals surface area contributed by atoms with Gasteiger partial charge in [0.2, 0.25) is 0 Å². The molecule has 3 nitrogen and oxygen atoms in total. The van der Waals surface area contributed by atoms with Gasteiger partial charge in [-0.05, 0) is 19.3 Å². The molecule has 3 heteroatoms. The van der Waals surface area contributed by atoms with Gasteiger partial charge in [-0.3, -0.25) is 0 Å². The highest BCUT2D eigenvalue weighted by Crippen LogP contribution is 2.33. The Morgan fingerprint density at radius 2 is 2.50 bits per heavy atom. The van der Waals surface area contributed by atoms with Crippen LogP contribution in [-0.4, -0.2) is 21.8 Å². The highest BCUT2D eigenvalue weighted by Gasteiger charge is 2.37. The van der Waals surface area contributed by atoms with Crippen LogP contribution in [0.3, 0.4) is 0 Å². The summed E-state index contributed by atoms with van der Waals surface area (Å²) in [5, 5.41) is 18.5. The zero-order chi connectivity index (χ0) is 9.19. The van der Waals surface area contributed by atoms with E-state index in [2.05, 4.69) is 6.58 Å². The molecule has 0 aromatic rings. The highest BCUT2D eigenvalue weighted by atomic mass is 16.4. The van der Waals surface area contributed by atoms with Gasteiger partial charge >= 0.3 is 5.97 Å². The first-order valence-electron chi connectivity index (χ1n) is 3.87. The fourth-order valence-corrected chi connectivity index (χ4v) is 1.52. The summed E-state index contributed by atoms with van der Waals surface area (Å²) in [5.41, 5.74) is -1.06. The van der Waals surface area contributed by atoms with Crippen LogP contribution in [0, 0.1) is 0 Å². The molecule has 0 radical (unpaired) electrons. The molecule has 0 bridgehead atoms. The van der Waals surface area contributed by atoms with Gasteiger partial charge in [0.15, 0.2) is 0 Å². The van der Waals surface area contributed by atoms with Crippen molar-refractivity contribution in [3.8, 4) is 0 Å². The first-order chi connectivity index (χ1) is 5.60. The van der Waals surface area contributed by atoms with Crippen LogP contribution in [0.25, 0.3) is 0 Å². The van der Waals surface area contributed by atoms with Crippen molar-refractivity contribution in [1.29, 1.82) is 0 Å². The number of hydrogen-bond acceptors (Lipinski definition) is 2. The van der Waals surface area contributed by atoms with Gasteiger partial charge < -0.3 is 10.2 Å². The molecule has 0 heterocycles. The van der Waals surface area contributed by atoms with E-state index < -0.39 is 11.6 Å². The van der Waals surface area contributed by atoms with Crippen LogP contribution < -0.4 is 0 Å². The van der Waals surface area contributed by atoms with Crippen molar-refractivity contribution in [2.24, 2.45) is 0 Å².